The summed E-state index contributed by atoms with van der Waals surface area (Å²) in [6.07, 6.45) is 20.4. The van der Waals surface area contributed by atoms with E-state index in [1.54, 1.807) is 0 Å². The summed E-state index contributed by atoms with van der Waals surface area (Å²) >= 11 is 0. The van der Waals surface area contributed by atoms with Gasteiger partial charge in [-0.1, -0.05) is 79.7 Å². The molecule has 0 aromatic heterocycles. The summed E-state index contributed by atoms with van der Waals surface area (Å²) in [4.78, 5) is 0. The predicted octanol–water partition coefficient (Wildman–Crippen LogP) is 8.49. The number of hydrogen-bond acceptors (Lipinski definition) is 1. The molecule has 4 aliphatic rings. The maximum absolute atomic E-state index is 3.84. The largest absolute Gasteiger partial charge is 0.378 e. The molecular weight excluding hydrogens is 446 g/mol. The summed E-state index contributed by atoms with van der Waals surface area (Å²) in [7, 11) is 0. The van der Waals surface area contributed by atoms with Gasteiger partial charge < -0.3 is 5.32 Å². The second-order valence-electron chi connectivity index (χ2n) is 10.2. The van der Waals surface area contributed by atoms with Crippen molar-refractivity contribution >= 4 is 27.5 Å². The number of fused-ring (bicyclic) bond motifs is 3. The second-order valence-corrected chi connectivity index (χ2v) is 10.2. The van der Waals surface area contributed by atoms with Crippen LogP contribution >= 0.6 is 0 Å². The smallest absolute Gasteiger partial charge is 0.0676 e. The minimum Gasteiger partial charge on any atom is -0.378 e. The normalized spacial score (nSPS) is 19.4. The molecule has 0 amide bonds. The van der Waals surface area contributed by atoms with Crippen molar-refractivity contribution in [1.82, 2.24) is 5.32 Å². The first kappa shape index (κ1) is 21.9. The van der Waals surface area contributed by atoms with Gasteiger partial charge in [-0.25, -0.2) is 0 Å². The zero-order chi connectivity index (χ0) is 24.8. The van der Waals surface area contributed by atoms with Gasteiger partial charge in [0, 0.05) is 17.7 Å². The van der Waals surface area contributed by atoms with Gasteiger partial charge in [-0.2, -0.15) is 0 Å². The lowest BCUT2D eigenvalue weighted by Gasteiger charge is -2.17. The van der Waals surface area contributed by atoms with E-state index in [1.807, 2.05) is 12.2 Å². The van der Waals surface area contributed by atoms with Crippen molar-refractivity contribution in [3.05, 3.63) is 154 Å². The molecule has 0 spiro atoms. The van der Waals surface area contributed by atoms with E-state index in [9.17, 15) is 0 Å². The molecule has 1 N–H and O–H groups in total. The van der Waals surface area contributed by atoms with Gasteiger partial charge >= 0.3 is 0 Å². The molecule has 1 heteroatoms. The third-order valence-corrected chi connectivity index (χ3v) is 7.93. The topological polar surface area (TPSA) is 12.0 Å². The summed E-state index contributed by atoms with van der Waals surface area (Å²) in [5.74, 6) is 0. The van der Waals surface area contributed by atoms with E-state index in [1.165, 1.54) is 61.0 Å². The summed E-state index contributed by atoms with van der Waals surface area (Å²) < 4.78 is 0. The van der Waals surface area contributed by atoms with E-state index < -0.39 is 0 Å². The Bertz CT molecular complexity index is 1690. The Morgan fingerprint density at radius 3 is 2.59 bits per heavy atom. The quantitative estimate of drug-likeness (QED) is 0.352. The first-order chi connectivity index (χ1) is 18.3. The molecule has 0 aliphatic heterocycles. The van der Waals surface area contributed by atoms with E-state index in [4.69, 9.17) is 0 Å². The van der Waals surface area contributed by atoms with E-state index in [-0.39, 0.29) is 6.04 Å². The Kier molecular flexibility index (Phi) is 5.31. The maximum Gasteiger partial charge on any atom is 0.0676 e. The van der Waals surface area contributed by atoms with Crippen LogP contribution in [0, 0.1) is 0 Å². The highest BCUT2D eigenvalue weighted by Crippen LogP contribution is 2.48. The maximum atomic E-state index is 3.84. The predicted molar refractivity (Wildman–Crippen MR) is 157 cm³/mol. The SMILES string of the molecule is CC/C(=C\C1=C=CC=C1)c1ccc(C2=CC(NC3=CC=CC3)C3=C2c2cc4ccccc4cc2C3)cc1. The van der Waals surface area contributed by atoms with E-state index >= 15 is 0 Å². The highest BCUT2D eigenvalue weighted by molar-refractivity contribution is 6.13. The highest BCUT2D eigenvalue weighted by Gasteiger charge is 2.34. The molecule has 0 fully saturated rings. The summed E-state index contributed by atoms with van der Waals surface area (Å²) in [5.41, 5.74) is 16.8. The fourth-order valence-corrected chi connectivity index (χ4v) is 6.07. The van der Waals surface area contributed by atoms with Crippen LogP contribution in [0.25, 0.3) is 27.5 Å². The van der Waals surface area contributed by atoms with Crippen LogP contribution in [0.15, 0.2) is 132 Å². The Hall–Kier alpha value is -4.32. The van der Waals surface area contributed by atoms with Crippen molar-refractivity contribution < 1.29 is 0 Å². The van der Waals surface area contributed by atoms with Gasteiger partial charge in [-0.15, -0.1) is 5.73 Å². The van der Waals surface area contributed by atoms with Crippen LogP contribution in [0.5, 0.6) is 0 Å². The van der Waals surface area contributed by atoms with Gasteiger partial charge in [-0.05, 0) is 105 Å². The van der Waals surface area contributed by atoms with Crippen molar-refractivity contribution in [3.8, 4) is 0 Å². The average molecular weight is 476 g/mol. The van der Waals surface area contributed by atoms with Crippen molar-refractivity contribution in [1.29, 1.82) is 0 Å². The monoisotopic (exact) mass is 475 g/mol. The number of nitrogens with one attached hydrogen (secondary N) is 1. The Morgan fingerprint density at radius 1 is 1.03 bits per heavy atom. The van der Waals surface area contributed by atoms with Crippen molar-refractivity contribution in [2.75, 3.05) is 0 Å². The van der Waals surface area contributed by atoms with Gasteiger partial charge in [0.25, 0.3) is 0 Å². The zero-order valence-electron chi connectivity index (χ0n) is 21.1. The van der Waals surface area contributed by atoms with E-state index in [2.05, 4.69) is 115 Å². The molecule has 1 nitrogen and oxygen atoms in total. The van der Waals surface area contributed by atoms with Crippen LogP contribution in [0.4, 0.5) is 0 Å². The van der Waals surface area contributed by atoms with Crippen molar-refractivity contribution in [3.63, 3.8) is 0 Å². The second kappa shape index (κ2) is 8.96. The number of hydrogen-bond donors (Lipinski definition) is 1. The molecule has 0 saturated heterocycles. The minimum atomic E-state index is 0.227. The van der Waals surface area contributed by atoms with Crippen LogP contribution in [-0.4, -0.2) is 6.04 Å². The Balaban J connectivity index is 1.28. The highest BCUT2D eigenvalue weighted by atomic mass is 14.9. The van der Waals surface area contributed by atoms with E-state index in [0.717, 1.165) is 24.8 Å². The zero-order valence-corrected chi connectivity index (χ0v) is 21.1. The molecule has 0 heterocycles. The van der Waals surface area contributed by atoms with Crippen LogP contribution in [0.2, 0.25) is 0 Å². The molecule has 4 aliphatic carbocycles. The molecule has 178 valence electrons. The van der Waals surface area contributed by atoms with Gasteiger partial charge in [-0.3, -0.25) is 0 Å². The van der Waals surface area contributed by atoms with Gasteiger partial charge in [0.2, 0.25) is 0 Å². The van der Waals surface area contributed by atoms with Crippen molar-refractivity contribution in [2.45, 2.75) is 32.2 Å². The lowest BCUT2D eigenvalue weighted by atomic mass is 9.91. The number of rotatable bonds is 6. The molecule has 37 heavy (non-hydrogen) atoms. The molecule has 7 rings (SSSR count). The standard InChI is InChI=1S/C36H29N/c1-2-25(19-24-9-3-4-10-24)26-15-17-27(18-16-26)33-23-35(37-31-13-7-8-14-31)34-22-30-20-28-11-5-6-12-29(28)21-32(30)36(33)34/h3-9,11-13,15-21,23,35,37H,2,14,22H2,1H3/b25-19+. The van der Waals surface area contributed by atoms with Crippen LogP contribution < -0.4 is 5.32 Å². The molecule has 3 aromatic carbocycles. The molecule has 1 unspecified atom stereocenters. The molecular formula is C36H29N. The lowest BCUT2D eigenvalue weighted by molar-refractivity contribution is 0.735. The van der Waals surface area contributed by atoms with Crippen molar-refractivity contribution in [2.24, 2.45) is 0 Å². The molecule has 0 bridgehead atoms. The van der Waals surface area contributed by atoms with Gasteiger partial charge in [0.15, 0.2) is 0 Å². The fraction of sp³-hybridized carbons (Fsp3) is 0.139. The third-order valence-electron chi connectivity index (χ3n) is 7.93. The fourth-order valence-electron chi connectivity index (χ4n) is 6.07. The van der Waals surface area contributed by atoms with Gasteiger partial charge in [0.05, 0.1) is 6.04 Å². The van der Waals surface area contributed by atoms with E-state index in [0.29, 0.717) is 0 Å². The van der Waals surface area contributed by atoms with Crippen LogP contribution in [-0.2, 0) is 6.42 Å². The van der Waals surface area contributed by atoms with Crippen LogP contribution in [0.1, 0.15) is 42.0 Å². The molecule has 1 atom stereocenters. The molecule has 0 saturated carbocycles. The molecule has 3 aromatic rings. The van der Waals surface area contributed by atoms with Crippen LogP contribution in [0.3, 0.4) is 0 Å². The summed E-state index contributed by atoms with van der Waals surface area (Å²) in [5, 5.41) is 6.48. The summed E-state index contributed by atoms with van der Waals surface area (Å²) in [6.45, 7) is 2.22. The summed E-state index contributed by atoms with van der Waals surface area (Å²) in [6, 6.07) is 23.0. The Morgan fingerprint density at radius 2 is 1.86 bits per heavy atom. The minimum absolute atomic E-state index is 0.227. The molecule has 0 radical (unpaired) electrons. The first-order valence-corrected chi connectivity index (χ1v) is 13.3. The lowest BCUT2D eigenvalue weighted by Crippen LogP contribution is -2.27. The average Bonchev–Trinajstić information content (AvgIpc) is 3.73. The number of allylic oxidation sites excluding steroid dienone is 10. The third kappa shape index (κ3) is 3.89. The number of benzene rings is 3. The van der Waals surface area contributed by atoms with Gasteiger partial charge in [0.1, 0.15) is 0 Å². The Labute approximate surface area is 218 Å². The first-order valence-electron chi connectivity index (χ1n) is 13.3.